The summed E-state index contributed by atoms with van der Waals surface area (Å²) in [7, 11) is 0. The summed E-state index contributed by atoms with van der Waals surface area (Å²) in [5.41, 5.74) is 1.64. The maximum Gasteiger partial charge on any atom is 0.413 e. The highest BCUT2D eigenvalue weighted by Crippen LogP contribution is 2.24. The molecule has 2 aromatic carbocycles. The van der Waals surface area contributed by atoms with Crippen LogP contribution in [-0.2, 0) is 16.1 Å². The van der Waals surface area contributed by atoms with Gasteiger partial charge in [0.25, 0.3) is 11.6 Å². The van der Waals surface area contributed by atoms with Crippen molar-refractivity contribution < 1.29 is 33.6 Å². The van der Waals surface area contributed by atoms with Crippen molar-refractivity contribution in [3.05, 3.63) is 82.1 Å². The zero-order valence-electron chi connectivity index (χ0n) is 18.6. The molecule has 4 amide bonds. The van der Waals surface area contributed by atoms with Crippen molar-refractivity contribution >= 4 is 35.6 Å². The van der Waals surface area contributed by atoms with Crippen LogP contribution in [0.5, 0.6) is 0 Å². The normalized spacial score (nSPS) is 13.5. The minimum atomic E-state index is -0.872. The number of nitro groups is 1. The fourth-order valence-electron chi connectivity index (χ4n) is 3.17. The molecular formula is C23H19N5O8. The third-order valence-electron chi connectivity index (χ3n) is 5.06. The molecule has 184 valence electrons. The lowest BCUT2D eigenvalue weighted by Gasteiger charge is -2.14. The summed E-state index contributed by atoms with van der Waals surface area (Å²) in [6.07, 6.45) is 0.372. The molecule has 1 aliphatic rings. The van der Waals surface area contributed by atoms with Crippen molar-refractivity contribution in [2.75, 3.05) is 18.6 Å². The molecule has 3 aromatic rings. The van der Waals surface area contributed by atoms with Gasteiger partial charge in [-0.1, -0.05) is 12.1 Å². The van der Waals surface area contributed by atoms with Crippen LogP contribution in [0, 0.1) is 10.1 Å². The number of aliphatic hydroxyl groups excluding tert-OH is 1. The Hall–Kier alpha value is -5.04. The Balaban J connectivity index is 1.31. The molecule has 1 fully saturated rings. The number of nitrogens with one attached hydrogen (secondary N) is 1. The first-order valence-electron chi connectivity index (χ1n) is 10.5. The van der Waals surface area contributed by atoms with Crippen molar-refractivity contribution in [1.82, 2.24) is 9.91 Å². The van der Waals surface area contributed by atoms with Gasteiger partial charge in [-0.3, -0.25) is 20.2 Å². The molecular weight excluding hydrogens is 474 g/mol. The van der Waals surface area contributed by atoms with Gasteiger partial charge in [-0.25, -0.2) is 19.5 Å². The fraction of sp³-hybridized carbons (Fsp3) is 0.130. The second-order valence-electron chi connectivity index (χ2n) is 7.45. The third kappa shape index (κ3) is 5.53. The van der Waals surface area contributed by atoms with Crippen LogP contribution in [-0.4, -0.2) is 57.5 Å². The zero-order valence-corrected chi connectivity index (χ0v) is 18.6. The molecule has 0 radical (unpaired) electrons. The Labute approximate surface area is 203 Å². The van der Waals surface area contributed by atoms with Gasteiger partial charge in [0, 0.05) is 23.4 Å². The van der Waals surface area contributed by atoms with E-state index in [0.29, 0.717) is 22.6 Å². The first kappa shape index (κ1) is 24.1. The number of benzene rings is 2. The van der Waals surface area contributed by atoms with Gasteiger partial charge < -0.3 is 14.3 Å². The lowest BCUT2D eigenvalue weighted by Crippen LogP contribution is -2.35. The highest BCUT2D eigenvalue weighted by Gasteiger charge is 2.37. The van der Waals surface area contributed by atoms with Gasteiger partial charge in [-0.15, -0.1) is 0 Å². The number of urea groups is 1. The number of carbonyl (C=O) groups excluding carboxylic acids is 3. The summed E-state index contributed by atoms with van der Waals surface area (Å²) < 4.78 is 10.6. The largest absolute Gasteiger partial charge is 0.455 e. The molecule has 0 spiro atoms. The Morgan fingerprint density at radius 1 is 1.14 bits per heavy atom. The van der Waals surface area contributed by atoms with E-state index in [1.54, 1.807) is 48.5 Å². The standard InChI is InChI=1S/C23H19N5O8/c29-13-15-1-5-17(6-2-15)25-22(31)35-14-26-21(30)12-27(23(26)32)24-11-19-9-10-20(36-19)16-3-7-18(8-4-16)28(33)34/h1-11,29H,12-14H2,(H,25,31)/b24-11+. The van der Waals surface area contributed by atoms with E-state index in [9.17, 15) is 24.5 Å². The number of imide groups is 1. The number of ether oxygens (including phenoxy) is 1. The number of non-ortho nitro benzene ring substituents is 1. The number of rotatable bonds is 8. The van der Waals surface area contributed by atoms with Gasteiger partial charge in [-0.05, 0) is 42.0 Å². The van der Waals surface area contributed by atoms with Crippen LogP contribution in [0.4, 0.5) is 21.0 Å². The Bertz CT molecular complexity index is 1320. The minimum Gasteiger partial charge on any atom is -0.455 e. The lowest BCUT2D eigenvalue weighted by atomic mass is 10.1. The molecule has 0 unspecified atom stereocenters. The minimum absolute atomic E-state index is 0.0491. The number of furan rings is 1. The number of hydrogen-bond acceptors (Lipinski definition) is 9. The van der Waals surface area contributed by atoms with E-state index in [1.807, 2.05) is 0 Å². The van der Waals surface area contributed by atoms with E-state index in [1.165, 1.54) is 18.3 Å². The number of nitro benzene ring substituents is 1. The van der Waals surface area contributed by atoms with Crippen LogP contribution in [0.25, 0.3) is 11.3 Å². The molecule has 1 aliphatic heterocycles. The molecule has 13 nitrogen and oxygen atoms in total. The number of hydrazone groups is 1. The second kappa shape index (κ2) is 10.5. The number of carbonyl (C=O) groups is 3. The highest BCUT2D eigenvalue weighted by atomic mass is 16.6. The Morgan fingerprint density at radius 3 is 2.53 bits per heavy atom. The predicted octanol–water partition coefficient (Wildman–Crippen LogP) is 3.15. The van der Waals surface area contributed by atoms with Gasteiger partial charge >= 0.3 is 12.1 Å². The maximum atomic E-state index is 12.5. The molecule has 36 heavy (non-hydrogen) atoms. The number of anilines is 1. The van der Waals surface area contributed by atoms with Crippen LogP contribution >= 0.6 is 0 Å². The van der Waals surface area contributed by atoms with Gasteiger partial charge in [0.15, 0.2) is 6.73 Å². The molecule has 0 atom stereocenters. The summed E-state index contributed by atoms with van der Waals surface area (Å²) in [6.45, 7) is -1.09. The average molecular weight is 493 g/mol. The number of hydrogen-bond donors (Lipinski definition) is 2. The van der Waals surface area contributed by atoms with Crippen molar-refractivity contribution in [2.45, 2.75) is 6.61 Å². The van der Waals surface area contributed by atoms with Crippen LogP contribution in [0.1, 0.15) is 11.3 Å². The molecule has 2 heterocycles. The highest BCUT2D eigenvalue weighted by molar-refractivity contribution is 6.02. The van der Waals surface area contributed by atoms with Crippen LogP contribution < -0.4 is 5.32 Å². The fourth-order valence-corrected chi connectivity index (χ4v) is 3.17. The van der Waals surface area contributed by atoms with E-state index in [4.69, 9.17) is 14.3 Å². The van der Waals surface area contributed by atoms with Gasteiger partial charge in [0.2, 0.25) is 0 Å². The summed E-state index contributed by atoms with van der Waals surface area (Å²) in [6, 6.07) is 14.6. The summed E-state index contributed by atoms with van der Waals surface area (Å²) in [4.78, 5) is 47.7. The zero-order chi connectivity index (χ0) is 25.7. The summed E-state index contributed by atoms with van der Waals surface area (Å²) in [5, 5.41) is 27.1. The van der Waals surface area contributed by atoms with Crippen molar-refractivity contribution in [2.24, 2.45) is 5.10 Å². The summed E-state index contributed by atoms with van der Waals surface area (Å²) >= 11 is 0. The molecule has 2 N–H and O–H groups in total. The smallest absolute Gasteiger partial charge is 0.413 e. The average Bonchev–Trinajstić information content (AvgIpc) is 3.46. The van der Waals surface area contributed by atoms with Crippen LogP contribution in [0.15, 0.2) is 70.2 Å². The molecule has 1 aromatic heterocycles. The van der Waals surface area contributed by atoms with E-state index < -0.39 is 29.7 Å². The molecule has 4 rings (SSSR count). The van der Waals surface area contributed by atoms with Gasteiger partial charge in [-0.2, -0.15) is 5.10 Å². The third-order valence-corrected chi connectivity index (χ3v) is 5.06. The summed E-state index contributed by atoms with van der Waals surface area (Å²) in [5.74, 6) is 0.107. The van der Waals surface area contributed by atoms with Crippen molar-refractivity contribution in [1.29, 1.82) is 0 Å². The topological polar surface area (TPSA) is 168 Å². The second-order valence-corrected chi connectivity index (χ2v) is 7.45. The Kier molecular flexibility index (Phi) is 7.02. The van der Waals surface area contributed by atoms with Crippen LogP contribution in [0.3, 0.4) is 0 Å². The van der Waals surface area contributed by atoms with Crippen molar-refractivity contribution in [3.63, 3.8) is 0 Å². The van der Waals surface area contributed by atoms with Gasteiger partial charge in [0.05, 0.1) is 17.7 Å². The SMILES string of the molecule is O=C(Nc1ccc(CO)cc1)OCN1C(=O)CN(/N=C/c2ccc(-c3ccc([N+](=O)[O-])cc3)o2)C1=O. The number of aliphatic hydroxyl groups is 1. The first-order chi connectivity index (χ1) is 17.3. The first-order valence-corrected chi connectivity index (χ1v) is 10.5. The molecule has 1 saturated heterocycles. The molecule has 0 aliphatic carbocycles. The van der Waals surface area contributed by atoms with Crippen molar-refractivity contribution in [3.8, 4) is 11.3 Å². The van der Waals surface area contributed by atoms with E-state index >= 15 is 0 Å². The Morgan fingerprint density at radius 2 is 1.86 bits per heavy atom. The van der Waals surface area contributed by atoms with Crippen LogP contribution in [0.2, 0.25) is 0 Å². The number of amides is 4. The number of nitrogens with zero attached hydrogens (tertiary/aromatic N) is 4. The van der Waals surface area contributed by atoms with Gasteiger partial charge in [0.1, 0.15) is 18.1 Å². The lowest BCUT2D eigenvalue weighted by molar-refractivity contribution is -0.384. The van der Waals surface area contributed by atoms with E-state index in [-0.39, 0.29) is 24.6 Å². The quantitative estimate of drug-likeness (QED) is 0.209. The van der Waals surface area contributed by atoms with E-state index in [2.05, 4.69) is 10.4 Å². The molecule has 0 saturated carbocycles. The molecule has 13 heteroatoms. The maximum absolute atomic E-state index is 12.5. The molecule has 0 bridgehead atoms. The predicted molar refractivity (Wildman–Crippen MR) is 125 cm³/mol. The monoisotopic (exact) mass is 493 g/mol. The van der Waals surface area contributed by atoms with E-state index in [0.717, 1.165) is 9.91 Å².